The molecule has 2 heterocycles. The van der Waals surface area contributed by atoms with Gasteiger partial charge in [-0.2, -0.15) is 0 Å². The molecular weight excluding hydrogens is 300 g/mol. The van der Waals surface area contributed by atoms with Crippen molar-refractivity contribution < 1.29 is 9.72 Å². The fraction of sp³-hybridized carbons (Fsp3) is 0.643. The number of nitrogens with one attached hydrogen (secondary N) is 1. The molecule has 9 heteroatoms. The van der Waals surface area contributed by atoms with Crippen molar-refractivity contribution in [3.8, 4) is 0 Å². The topological polar surface area (TPSA) is 105 Å². The van der Waals surface area contributed by atoms with E-state index >= 15 is 0 Å². The molecule has 124 valence electrons. The third-order valence-corrected chi connectivity index (χ3v) is 4.28. The summed E-state index contributed by atoms with van der Waals surface area (Å²) in [7, 11) is 0. The Bertz CT molecular complexity index is 581. The molecule has 3 rings (SSSR count). The van der Waals surface area contributed by atoms with E-state index in [0.29, 0.717) is 25.1 Å². The second-order valence-electron chi connectivity index (χ2n) is 5.98. The van der Waals surface area contributed by atoms with Gasteiger partial charge in [0.25, 0.3) is 0 Å². The molecule has 9 nitrogen and oxygen atoms in total. The fourth-order valence-corrected chi connectivity index (χ4v) is 2.60. The first-order valence-electron chi connectivity index (χ1n) is 7.80. The number of carbonyl (C=O) groups is 1. The highest BCUT2D eigenvalue weighted by molar-refractivity contribution is 5.81. The molecule has 1 saturated carbocycles. The molecule has 2 fully saturated rings. The van der Waals surface area contributed by atoms with Gasteiger partial charge in [-0.1, -0.05) is 0 Å². The van der Waals surface area contributed by atoms with Crippen molar-refractivity contribution in [1.29, 1.82) is 0 Å². The predicted molar refractivity (Wildman–Crippen MR) is 83.1 cm³/mol. The smallest absolute Gasteiger partial charge is 0.305 e. The van der Waals surface area contributed by atoms with Crippen LogP contribution in [0.4, 0.5) is 11.6 Å². The van der Waals surface area contributed by atoms with Crippen molar-refractivity contribution in [2.45, 2.75) is 31.8 Å². The zero-order valence-electron chi connectivity index (χ0n) is 13.0. The molecule has 1 saturated heterocycles. The minimum atomic E-state index is -0.512. The Morgan fingerprint density at radius 2 is 1.91 bits per heavy atom. The number of hydrogen-bond acceptors (Lipinski definition) is 7. The normalized spacial score (nSPS) is 20.1. The Labute approximate surface area is 133 Å². The zero-order valence-corrected chi connectivity index (χ0v) is 13.0. The quantitative estimate of drug-likeness (QED) is 0.609. The number of aromatic nitrogens is 2. The van der Waals surface area contributed by atoms with Crippen LogP contribution >= 0.6 is 0 Å². The molecule has 23 heavy (non-hydrogen) atoms. The maximum absolute atomic E-state index is 12.1. The van der Waals surface area contributed by atoms with Crippen molar-refractivity contribution >= 4 is 17.5 Å². The van der Waals surface area contributed by atoms with E-state index < -0.39 is 4.92 Å². The van der Waals surface area contributed by atoms with Crippen LogP contribution in [0.15, 0.2) is 12.4 Å². The SMILES string of the molecule is CC(C(=O)NC1CC1)N1CCN(c2ncc([N+](=O)[O-])cn2)CC1. The number of nitrogens with zero attached hydrogens (tertiary/aromatic N) is 5. The minimum Gasteiger partial charge on any atom is -0.352 e. The Balaban J connectivity index is 1.53. The van der Waals surface area contributed by atoms with Gasteiger partial charge in [-0.05, 0) is 19.8 Å². The van der Waals surface area contributed by atoms with Gasteiger partial charge in [0.2, 0.25) is 11.9 Å². The standard InChI is InChI=1S/C14H20N6O3/c1-10(13(21)17-11-2-3-11)18-4-6-19(7-5-18)14-15-8-12(9-16-14)20(22)23/h8-11H,2-7H2,1H3,(H,17,21). The van der Waals surface area contributed by atoms with Gasteiger partial charge < -0.3 is 10.2 Å². The van der Waals surface area contributed by atoms with E-state index in [1.165, 1.54) is 12.4 Å². The third-order valence-electron chi connectivity index (χ3n) is 4.28. The van der Waals surface area contributed by atoms with Crippen molar-refractivity contribution in [3.05, 3.63) is 22.5 Å². The summed E-state index contributed by atoms with van der Waals surface area (Å²) in [5, 5.41) is 13.6. The molecule has 1 atom stereocenters. The summed E-state index contributed by atoms with van der Waals surface area (Å²) in [6, 6.07) is 0.232. The predicted octanol–water partition coefficient (Wildman–Crippen LogP) is 0.174. The van der Waals surface area contributed by atoms with Crippen LogP contribution in [0.25, 0.3) is 0 Å². The molecule has 0 radical (unpaired) electrons. The highest BCUT2D eigenvalue weighted by Gasteiger charge is 2.30. The molecule has 1 aromatic heterocycles. The van der Waals surface area contributed by atoms with Crippen LogP contribution in [-0.2, 0) is 4.79 Å². The van der Waals surface area contributed by atoms with Crippen molar-refractivity contribution in [2.75, 3.05) is 31.1 Å². The molecule has 2 aliphatic rings. The van der Waals surface area contributed by atoms with Gasteiger partial charge in [-0.25, -0.2) is 9.97 Å². The van der Waals surface area contributed by atoms with Gasteiger partial charge in [-0.15, -0.1) is 0 Å². The average molecular weight is 320 g/mol. The monoisotopic (exact) mass is 320 g/mol. The second-order valence-corrected chi connectivity index (χ2v) is 5.98. The minimum absolute atomic E-state index is 0.0903. The lowest BCUT2D eigenvalue weighted by molar-refractivity contribution is -0.385. The van der Waals surface area contributed by atoms with Crippen LogP contribution < -0.4 is 10.2 Å². The van der Waals surface area contributed by atoms with Gasteiger partial charge in [0.1, 0.15) is 12.4 Å². The molecule has 1 aliphatic heterocycles. The van der Waals surface area contributed by atoms with Crippen LogP contribution in [0, 0.1) is 10.1 Å². The second kappa shape index (κ2) is 6.45. The number of rotatable bonds is 5. The molecule has 0 aromatic carbocycles. The Kier molecular flexibility index (Phi) is 4.37. The maximum atomic E-state index is 12.1. The Hall–Kier alpha value is -2.29. The third kappa shape index (κ3) is 3.73. The number of carbonyl (C=O) groups excluding carboxylic acids is 1. The van der Waals surface area contributed by atoms with Gasteiger partial charge >= 0.3 is 5.69 Å². The van der Waals surface area contributed by atoms with E-state index in [4.69, 9.17) is 0 Å². The van der Waals surface area contributed by atoms with Crippen LogP contribution in [-0.4, -0.2) is 64.0 Å². The number of piperazine rings is 1. The molecule has 1 aromatic rings. The van der Waals surface area contributed by atoms with E-state index in [1.54, 1.807) is 0 Å². The number of anilines is 1. The lowest BCUT2D eigenvalue weighted by Gasteiger charge is -2.37. The lowest BCUT2D eigenvalue weighted by atomic mass is 10.2. The summed E-state index contributed by atoms with van der Waals surface area (Å²) in [6.07, 6.45) is 4.62. The summed E-state index contributed by atoms with van der Waals surface area (Å²) in [5.41, 5.74) is -0.113. The summed E-state index contributed by atoms with van der Waals surface area (Å²) < 4.78 is 0. The van der Waals surface area contributed by atoms with Crippen LogP contribution in [0.5, 0.6) is 0 Å². The van der Waals surface area contributed by atoms with E-state index in [2.05, 4.69) is 20.2 Å². The summed E-state index contributed by atoms with van der Waals surface area (Å²) in [6.45, 7) is 4.78. The van der Waals surface area contributed by atoms with Gasteiger partial charge in [0.15, 0.2) is 0 Å². The maximum Gasteiger partial charge on any atom is 0.305 e. The number of nitro groups is 1. The van der Waals surface area contributed by atoms with Crippen molar-refractivity contribution in [3.63, 3.8) is 0 Å². The zero-order chi connectivity index (χ0) is 16.4. The van der Waals surface area contributed by atoms with Crippen LogP contribution in [0.1, 0.15) is 19.8 Å². The van der Waals surface area contributed by atoms with E-state index in [1.807, 2.05) is 11.8 Å². The van der Waals surface area contributed by atoms with Gasteiger partial charge in [-0.3, -0.25) is 19.8 Å². The highest BCUT2D eigenvalue weighted by atomic mass is 16.6. The first-order chi connectivity index (χ1) is 11.0. The Morgan fingerprint density at radius 1 is 1.30 bits per heavy atom. The van der Waals surface area contributed by atoms with Gasteiger partial charge in [0, 0.05) is 32.2 Å². The molecule has 1 amide bonds. The lowest BCUT2D eigenvalue weighted by Crippen LogP contribution is -2.54. The summed E-state index contributed by atoms with van der Waals surface area (Å²) in [4.78, 5) is 34.4. The average Bonchev–Trinajstić information content (AvgIpc) is 3.38. The van der Waals surface area contributed by atoms with Crippen LogP contribution in [0.3, 0.4) is 0 Å². The Morgan fingerprint density at radius 3 is 2.43 bits per heavy atom. The molecular formula is C14H20N6O3. The number of hydrogen-bond donors (Lipinski definition) is 1. The summed E-state index contributed by atoms with van der Waals surface area (Å²) in [5.74, 6) is 0.581. The van der Waals surface area contributed by atoms with E-state index in [-0.39, 0.29) is 17.6 Å². The van der Waals surface area contributed by atoms with Crippen LogP contribution in [0.2, 0.25) is 0 Å². The molecule has 1 aliphatic carbocycles. The summed E-state index contributed by atoms with van der Waals surface area (Å²) >= 11 is 0. The first kappa shape index (κ1) is 15.6. The van der Waals surface area contributed by atoms with E-state index in [9.17, 15) is 14.9 Å². The fourth-order valence-electron chi connectivity index (χ4n) is 2.60. The molecule has 1 N–H and O–H groups in total. The van der Waals surface area contributed by atoms with Gasteiger partial charge in [0.05, 0.1) is 11.0 Å². The number of amides is 1. The van der Waals surface area contributed by atoms with E-state index in [0.717, 1.165) is 25.9 Å². The van der Waals surface area contributed by atoms with Crippen molar-refractivity contribution in [2.24, 2.45) is 0 Å². The molecule has 0 bridgehead atoms. The highest BCUT2D eigenvalue weighted by Crippen LogP contribution is 2.20. The van der Waals surface area contributed by atoms with Crippen molar-refractivity contribution in [1.82, 2.24) is 20.2 Å². The molecule has 1 unspecified atom stereocenters. The first-order valence-corrected chi connectivity index (χ1v) is 7.80. The largest absolute Gasteiger partial charge is 0.352 e. The molecule has 0 spiro atoms.